The molecule has 1 atom stereocenters. The Hall–Kier alpha value is -3.61. The molecule has 7 nitrogen and oxygen atoms in total. The van der Waals surface area contributed by atoms with Gasteiger partial charge in [0.2, 0.25) is 0 Å². The molecular weight excluding hydrogens is 394 g/mol. The van der Waals surface area contributed by atoms with Crippen molar-refractivity contribution in [3.8, 4) is 17.2 Å². The smallest absolute Gasteiger partial charge is 0.322 e. The fourth-order valence-corrected chi connectivity index (χ4v) is 3.98. The van der Waals surface area contributed by atoms with E-state index in [0.717, 1.165) is 23.6 Å². The second-order valence-electron chi connectivity index (χ2n) is 7.22. The van der Waals surface area contributed by atoms with E-state index in [9.17, 15) is 4.79 Å². The number of carbonyl (C=O) groups is 1. The number of anilines is 1. The molecule has 0 radical (unpaired) electrons. The van der Waals surface area contributed by atoms with E-state index in [0.29, 0.717) is 30.3 Å². The minimum absolute atomic E-state index is 0.175. The van der Waals surface area contributed by atoms with Gasteiger partial charge in [-0.05, 0) is 61.5 Å². The molecule has 162 valence electrons. The summed E-state index contributed by atoms with van der Waals surface area (Å²) in [6.45, 7) is 3.83. The van der Waals surface area contributed by atoms with Gasteiger partial charge >= 0.3 is 6.03 Å². The predicted octanol–water partition coefficient (Wildman–Crippen LogP) is 4.54. The SMILES string of the molecule is CCOc1ccc(NC(=O)N2CCn3cccc3[C@@H]2c2cc(OC)ccc2OC)cc1. The molecule has 2 heterocycles. The van der Waals surface area contributed by atoms with E-state index in [1.165, 1.54) is 0 Å². The van der Waals surface area contributed by atoms with Gasteiger partial charge in [0.15, 0.2) is 0 Å². The molecule has 1 aliphatic heterocycles. The van der Waals surface area contributed by atoms with Crippen molar-refractivity contribution < 1.29 is 19.0 Å². The molecule has 1 aliphatic rings. The number of urea groups is 1. The molecular formula is C24H27N3O4. The molecule has 3 aromatic rings. The highest BCUT2D eigenvalue weighted by molar-refractivity contribution is 5.90. The minimum atomic E-state index is -0.309. The summed E-state index contributed by atoms with van der Waals surface area (Å²) in [4.78, 5) is 15.2. The Morgan fingerprint density at radius 3 is 2.52 bits per heavy atom. The summed E-state index contributed by atoms with van der Waals surface area (Å²) in [5.74, 6) is 2.20. The van der Waals surface area contributed by atoms with Crippen molar-refractivity contribution in [2.45, 2.75) is 19.5 Å². The van der Waals surface area contributed by atoms with Crippen LogP contribution in [-0.4, -0.2) is 42.9 Å². The summed E-state index contributed by atoms with van der Waals surface area (Å²) >= 11 is 0. The third-order valence-electron chi connectivity index (χ3n) is 5.45. The van der Waals surface area contributed by atoms with E-state index in [2.05, 4.69) is 9.88 Å². The number of benzene rings is 2. The molecule has 7 heteroatoms. The van der Waals surface area contributed by atoms with Crippen molar-refractivity contribution in [1.82, 2.24) is 9.47 Å². The molecule has 0 aliphatic carbocycles. The van der Waals surface area contributed by atoms with Gasteiger partial charge < -0.3 is 29.0 Å². The monoisotopic (exact) mass is 421 g/mol. The number of rotatable bonds is 6. The van der Waals surface area contributed by atoms with Crippen LogP contribution in [0.15, 0.2) is 60.8 Å². The number of amides is 2. The zero-order valence-electron chi connectivity index (χ0n) is 18.0. The Kier molecular flexibility index (Phi) is 6.02. The molecule has 31 heavy (non-hydrogen) atoms. The molecule has 2 aromatic carbocycles. The van der Waals surface area contributed by atoms with E-state index < -0.39 is 0 Å². The number of carbonyl (C=O) groups excluding carboxylic acids is 1. The third kappa shape index (κ3) is 4.17. The summed E-state index contributed by atoms with van der Waals surface area (Å²) in [6.07, 6.45) is 2.04. The number of fused-ring (bicyclic) bond motifs is 1. The highest BCUT2D eigenvalue weighted by atomic mass is 16.5. The Morgan fingerprint density at radius 1 is 1.03 bits per heavy atom. The van der Waals surface area contributed by atoms with Crippen LogP contribution in [0.2, 0.25) is 0 Å². The molecule has 2 amide bonds. The number of methoxy groups -OCH3 is 2. The van der Waals surface area contributed by atoms with Crippen LogP contribution in [0.1, 0.15) is 24.2 Å². The molecule has 0 saturated carbocycles. The Morgan fingerprint density at radius 2 is 1.81 bits per heavy atom. The van der Waals surface area contributed by atoms with Gasteiger partial charge in [0, 0.05) is 36.2 Å². The van der Waals surface area contributed by atoms with Crippen molar-refractivity contribution in [1.29, 1.82) is 0 Å². The molecule has 0 unspecified atom stereocenters. The van der Waals surface area contributed by atoms with Gasteiger partial charge in [-0.3, -0.25) is 0 Å². The van der Waals surface area contributed by atoms with Crippen LogP contribution in [0.25, 0.3) is 0 Å². The summed E-state index contributed by atoms with van der Waals surface area (Å²) in [7, 11) is 3.27. The van der Waals surface area contributed by atoms with E-state index in [-0.39, 0.29) is 12.1 Å². The molecule has 0 fully saturated rings. The van der Waals surface area contributed by atoms with Crippen molar-refractivity contribution >= 4 is 11.7 Å². The Bertz CT molecular complexity index is 1050. The predicted molar refractivity (Wildman–Crippen MR) is 119 cm³/mol. The molecule has 4 rings (SSSR count). The first-order valence-corrected chi connectivity index (χ1v) is 10.3. The normalized spacial score (nSPS) is 15.2. The second kappa shape index (κ2) is 9.04. The van der Waals surface area contributed by atoms with Crippen LogP contribution < -0.4 is 19.5 Å². The topological polar surface area (TPSA) is 65.0 Å². The largest absolute Gasteiger partial charge is 0.497 e. The van der Waals surface area contributed by atoms with Gasteiger partial charge in [0.05, 0.1) is 20.8 Å². The van der Waals surface area contributed by atoms with Gasteiger partial charge in [-0.25, -0.2) is 4.79 Å². The number of ether oxygens (including phenoxy) is 3. The maximum Gasteiger partial charge on any atom is 0.322 e. The molecule has 0 saturated heterocycles. The lowest BCUT2D eigenvalue weighted by Gasteiger charge is -2.37. The minimum Gasteiger partial charge on any atom is -0.497 e. The van der Waals surface area contributed by atoms with Crippen LogP contribution >= 0.6 is 0 Å². The zero-order chi connectivity index (χ0) is 21.8. The van der Waals surface area contributed by atoms with Gasteiger partial charge in [0.25, 0.3) is 0 Å². The highest BCUT2D eigenvalue weighted by Crippen LogP contribution is 2.39. The molecule has 1 N–H and O–H groups in total. The van der Waals surface area contributed by atoms with E-state index in [4.69, 9.17) is 14.2 Å². The second-order valence-corrected chi connectivity index (χ2v) is 7.22. The van der Waals surface area contributed by atoms with Crippen molar-refractivity contribution in [3.63, 3.8) is 0 Å². The fourth-order valence-electron chi connectivity index (χ4n) is 3.98. The standard InChI is InChI=1S/C24H27N3O4/c1-4-31-18-9-7-17(8-10-18)25-24(28)27-15-14-26-13-5-6-21(26)23(27)20-16-19(29-2)11-12-22(20)30-3/h5-13,16,23H,4,14-15H2,1-3H3,(H,25,28)/t23-/m0/s1. The van der Waals surface area contributed by atoms with Crippen LogP contribution in [0.3, 0.4) is 0 Å². The number of nitrogens with one attached hydrogen (secondary N) is 1. The van der Waals surface area contributed by atoms with E-state index in [1.54, 1.807) is 14.2 Å². The van der Waals surface area contributed by atoms with Gasteiger partial charge in [-0.15, -0.1) is 0 Å². The van der Waals surface area contributed by atoms with Gasteiger partial charge in [-0.2, -0.15) is 0 Å². The summed E-state index contributed by atoms with van der Waals surface area (Å²) in [6, 6.07) is 16.6. The number of hydrogen-bond donors (Lipinski definition) is 1. The lowest BCUT2D eigenvalue weighted by molar-refractivity contribution is 0.180. The Balaban J connectivity index is 1.67. The first kappa shape index (κ1) is 20.7. The van der Waals surface area contributed by atoms with Crippen LogP contribution in [0.5, 0.6) is 17.2 Å². The van der Waals surface area contributed by atoms with Gasteiger partial charge in [-0.1, -0.05) is 0 Å². The quantitative estimate of drug-likeness (QED) is 0.635. The number of aromatic nitrogens is 1. The van der Waals surface area contributed by atoms with E-state index in [1.807, 2.05) is 72.6 Å². The zero-order valence-corrected chi connectivity index (χ0v) is 18.0. The first-order chi connectivity index (χ1) is 15.1. The molecule has 1 aromatic heterocycles. The van der Waals surface area contributed by atoms with Crippen molar-refractivity contribution in [2.75, 3.05) is 32.7 Å². The fraction of sp³-hybridized carbons (Fsp3) is 0.292. The number of nitrogens with zero attached hydrogens (tertiary/aromatic N) is 2. The first-order valence-electron chi connectivity index (χ1n) is 10.3. The van der Waals surface area contributed by atoms with Crippen LogP contribution in [-0.2, 0) is 6.54 Å². The molecule has 0 spiro atoms. The van der Waals surface area contributed by atoms with Crippen molar-refractivity contribution in [2.24, 2.45) is 0 Å². The third-order valence-corrected chi connectivity index (χ3v) is 5.45. The summed E-state index contributed by atoms with van der Waals surface area (Å²) in [5.41, 5.74) is 2.62. The van der Waals surface area contributed by atoms with Crippen LogP contribution in [0, 0.1) is 0 Å². The lowest BCUT2D eigenvalue weighted by atomic mass is 9.98. The summed E-state index contributed by atoms with van der Waals surface area (Å²) in [5, 5.41) is 3.02. The molecule has 0 bridgehead atoms. The van der Waals surface area contributed by atoms with Crippen LogP contribution in [0.4, 0.5) is 10.5 Å². The Labute approximate surface area is 182 Å². The summed E-state index contributed by atoms with van der Waals surface area (Å²) < 4.78 is 18.7. The average Bonchev–Trinajstić information content (AvgIpc) is 3.28. The van der Waals surface area contributed by atoms with Crippen molar-refractivity contribution in [3.05, 3.63) is 72.1 Å². The number of hydrogen-bond acceptors (Lipinski definition) is 4. The maximum absolute atomic E-state index is 13.3. The lowest BCUT2D eigenvalue weighted by Crippen LogP contribution is -2.44. The average molecular weight is 421 g/mol. The highest BCUT2D eigenvalue weighted by Gasteiger charge is 2.34. The van der Waals surface area contributed by atoms with Gasteiger partial charge in [0.1, 0.15) is 23.3 Å². The van der Waals surface area contributed by atoms with E-state index >= 15 is 0 Å². The maximum atomic E-state index is 13.3.